The van der Waals surface area contributed by atoms with E-state index in [0.29, 0.717) is 0 Å². The zero-order valence-electron chi connectivity index (χ0n) is 9.16. The predicted molar refractivity (Wildman–Crippen MR) is 58.8 cm³/mol. The number of benzene rings is 1. The molecule has 0 saturated carbocycles. The summed E-state index contributed by atoms with van der Waals surface area (Å²) in [5, 5.41) is 8.88. The van der Waals surface area contributed by atoms with Crippen molar-refractivity contribution in [3.05, 3.63) is 46.0 Å². The van der Waals surface area contributed by atoms with Gasteiger partial charge in [0.25, 0.3) is 0 Å². The minimum Gasteiger partial charge on any atom is -0.346 e. The van der Waals surface area contributed by atoms with E-state index in [4.69, 9.17) is 11.9 Å². The summed E-state index contributed by atoms with van der Waals surface area (Å²) in [7, 11) is 0. The van der Waals surface area contributed by atoms with Crippen LogP contribution < -0.4 is 0 Å². The molecule has 1 aromatic carbocycles. The van der Waals surface area contributed by atoms with Crippen molar-refractivity contribution in [1.82, 2.24) is 0 Å². The highest BCUT2D eigenvalue weighted by Gasteiger charge is 2.47. The lowest BCUT2D eigenvalue weighted by Gasteiger charge is -2.22. The molecule has 1 atom stereocenters. The van der Waals surface area contributed by atoms with Gasteiger partial charge in [0.15, 0.2) is 5.41 Å². The summed E-state index contributed by atoms with van der Waals surface area (Å²) in [6.45, 7) is 1.12. The van der Waals surface area contributed by atoms with E-state index in [9.17, 15) is 19.7 Å². The summed E-state index contributed by atoms with van der Waals surface area (Å²) in [4.78, 5) is 37.2. The van der Waals surface area contributed by atoms with Gasteiger partial charge in [0.2, 0.25) is 0 Å². The van der Waals surface area contributed by atoms with Gasteiger partial charge < -0.3 is 4.29 Å². The molecule has 0 radical (unpaired) electrons. The van der Waals surface area contributed by atoms with E-state index in [1.165, 1.54) is 12.1 Å². The quantitative estimate of drug-likeness (QED) is 0.467. The number of carbonyl (C=O) groups is 2. The Morgan fingerprint density at radius 2 is 1.83 bits per heavy atom. The molecule has 0 amide bonds. The van der Waals surface area contributed by atoms with Crippen LogP contribution >= 0.6 is 11.9 Å². The topological polar surface area (TPSA) is 95.7 Å². The highest BCUT2D eigenvalue weighted by Crippen LogP contribution is 2.27. The molecule has 1 unspecified atom stereocenters. The van der Waals surface area contributed by atoms with Crippen LogP contribution in [0, 0.1) is 10.1 Å². The lowest BCUT2D eigenvalue weighted by molar-refractivity contribution is -0.730. The number of nitrogens with zero attached hydrogens (tertiary/aromatic N) is 1. The smallest absolute Gasteiger partial charge is 0.344 e. The fourth-order valence-corrected chi connectivity index (χ4v) is 1.48. The van der Waals surface area contributed by atoms with Crippen molar-refractivity contribution in [3.8, 4) is 0 Å². The van der Waals surface area contributed by atoms with Crippen molar-refractivity contribution in [2.24, 2.45) is 0 Å². The van der Waals surface area contributed by atoms with E-state index in [2.05, 4.69) is 9.13 Å². The van der Waals surface area contributed by atoms with Gasteiger partial charge in [-0.25, -0.2) is 9.63 Å². The highest BCUT2D eigenvalue weighted by molar-refractivity contribution is 6.18. The number of hydrogen-bond acceptors (Lipinski definition) is 6. The van der Waals surface area contributed by atoms with Crippen LogP contribution in [0.25, 0.3) is 0 Å². The number of carbonyl (C=O) groups excluding carboxylic acids is 2. The van der Waals surface area contributed by atoms with Gasteiger partial charge >= 0.3 is 17.0 Å². The molecular formula is C10H8ClNO6. The molecule has 0 spiro atoms. The summed E-state index contributed by atoms with van der Waals surface area (Å²) in [5.41, 5.74) is -1.83. The van der Waals surface area contributed by atoms with Gasteiger partial charge in [0.05, 0.1) is 0 Å². The van der Waals surface area contributed by atoms with Crippen molar-refractivity contribution in [3.63, 3.8) is 0 Å². The molecule has 8 heteroatoms. The van der Waals surface area contributed by atoms with Gasteiger partial charge in [-0.2, -0.15) is 0 Å². The Hall–Kier alpha value is -2.15. The van der Waals surface area contributed by atoms with Gasteiger partial charge in [-0.05, 0) is 12.5 Å². The van der Waals surface area contributed by atoms with Crippen LogP contribution in [-0.2, 0) is 24.1 Å². The van der Waals surface area contributed by atoms with E-state index in [1.54, 1.807) is 18.2 Å². The molecule has 0 saturated heterocycles. The van der Waals surface area contributed by atoms with Crippen LogP contribution in [0.1, 0.15) is 12.5 Å². The number of rotatable bonds is 4. The second kappa shape index (κ2) is 5.46. The predicted octanol–water partition coefficient (Wildman–Crippen LogP) is 1.38. The Labute approximate surface area is 107 Å². The van der Waals surface area contributed by atoms with Crippen LogP contribution in [-0.4, -0.2) is 17.0 Å². The van der Waals surface area contributed by atoms with Crippen molar-refractivity contribution in [2.45, 2.75) is 12.3 Å². The molecule has 0 aliphatic carbocycles. The molecule has 96 valence electrons. The molecular weight excluding hydrogens is 266 g/mol. The lowest BCUT2D eigenvalue weighted by Crippen LogP contribution is -2.43. The molecule has 0 bridgehead atoms. The average Bonchev–Trinajstić information content (AvgIpc) is 2.36. The SMILES string of the molecule is CC(C(=O)OCl)(C(=O)O[N+](=O)[O-])c1ccccc1. The van der Waals surface area contributed by atoms with E-state index in [1.807, 2.05) is 0 Å². The first-order chi connectivity index (χ1) is 8.42. The molecule has 0 N–H and O–H groups in total. The van der Waals surface area contributed by atoms with Crippen molar-refractivity contribution < 1.29 is 23.8 Å². The zero-order valence-corrected chi connectivity index (χ0v) is 9.92. The Bertz CT molecular complexity index is 477. The Balaban J connectivity index is 3.23. The van der Waals surface area contributed by atoms with E-state index in [0.717, 1.165) is 6.92 Å². The lowest BCUT2D eigenvalue weighted by atomic mass is 9.83. The molecule has 0 aliphatic heterocycles. The number of halogens is 1. The van der Waals surface area contributed by atoms with E-state index >= 15 is 0 Å². The van der Waals surface area contributed by atoms with Gasteiger partial charge in [0.1, 0.15) is 11.9 Å². The summed E-state index contributed by atoms with van der Waals surface area (Å²) in [5.74, 6) is -2.55. The normalized spacial score (nSPS) is 13.2. The van der Waals surface area contributed by atoms with Crippen molar-refractivity contribution in [2.75, 3.05) is 0 Å². The Morgan fingerprint density at radius 3 is 2.28 bits per heavy atom. The summed E-state index contributed by atoms with van der Waals surface area (Å²) in [6, 6.07) is 7.60. The molecule has 1 aromatic rings. The first-order valence-electron chi connectivity index (χ1n) is 4.68. The zero-order chi connectivity index (χ0) is 13.8. The fourth-order valence-electron chi connectivity index (χ4n) is 1.33. The number of hydrogen-bond donors (Lipinski definition) is 0. The molecule has 7 nitrogen and oxygen atoms in total. The molecule has 0 fully saturated rings. The summed E-state index contributed by atoms with van der Waals surface area (Å²) < 4.78 is 3.98. The molecule has 0 aliphatic rings. The fraction of sp³-hybridized carbons (Fsp3) is 0.200. The summed E-state index contributed by atoms with van der Waals surface area (Å²) >= 11 is 4.94. The molecule has 18 heavy (non-hydrogen) atoms. The van der Waals surface area contributed by atoms with E-state index < -0.39 is 22.4 Å². The van der Waals surface area contributed by atoms with Crippen LogP contribution in [0.5, 0.6) is 0 Å². The third-order valence-corrected chi connectivity index (χ3v) is 2.54. The Kier molecular flexibility index (Phi) is 4.22. The van der Waals surface area contributed by atoms with Gasteiger partial charge in [-0.1, -0.05) is 30.3 Å². The first-order valence-corrected chi connectivity index (χ1v) is 4.99. The summed E-state index contributed by atoms with van der Waals surface area (Å²) in [6.07, 6.45) is 0. The van der Waals surface area contributed by atoms with Gasteiger partial charge in [-0.15, -0.1) is 10.1 Å². The minimum atomic E-state index is -2.00. The van der Waals surface area contributed by atoms with Crippen molar-refractivity contribution >= 4 is 23.8 Å². The third-order valence-electron chi connectivity index (χ3n) is 2.40. The van der Waals surface area contributed by atoms with Crippen LogP contribution in [0.2, 0.25) is 0 Å². The van der Waals surface area contributed by atoms with Gasteiger partial charge in [0, 0.05) is 0 Å². The highest BCUT2D eigenvalue weighted by atomic mass is 35.5. The second-order valence-corrected chi connectivity index (χ2v) is 3.61. The second-order valence-electron chi connectivity index (χ2n) is 3.46. The third kappa shape index (κ3) is 2.57. The maximum atomic E-state index is 11.7. The monoisotopic (exact) mass is 273 g/mol. The molecule has 1 rings (SSSR count). The molecule has 0 heterocycles. The van der Waals surface area contributed by atoms with Gasteiger partial charge in [-0.3, -0.25) is 4.79 Å². The van der Waals surface area contributed by atoms with Crippen LogP contribution in [0.4, 0.5) is 0 Å². The maximum Gasteiger partial charge on any atom is 0.344 e. The minimum absolute atomic E-state index is 0.169. The Morgan fingerprint density at radius 1 is 1.28 bits per heavy atom. The van der Waals surface area contributed by atoms with Crippen molar-refractivity contribution in [1.29, 1.82) is 0 Å². The first kappa shape index (κ1) is 13.9. The van der Waals surface area contributed by atoms with Crippen LogP contribution in [0.3, 0.4) is 0 Å². The average molecular weight is 274 g/mol. The van der Waals surface area contributed by atoms with Crippen LogP contribution in [0.15, 0.2) is 30.3 Å². The standard InChI is InChI=1S/C10H8ClNO6/c1-10(8(13)17-11,9(14)18-12(15)16)7-5-3-2-4-6-7/h2-6H,1H3. The largest absolute Gasteiger partial charge is 0.346 e. The maximum absolute atomic E-state index is 11.7. The molecule has 0 aromatic heterocycles. The van der Waals surface area contributed by atoms with E-state index in [-0.39, 0.29) is 5.56 Å².